The fraction of sp³-hybridized carbons (Fsp3) is 0.875. The van der Waals surface area contributed by atoms with Gasteiger partial charge in [0.25, 0.3) is 0 Å². The van der Waals surface area contributed by atoms with Crippen molar-refractivity contribution in [2.24, 2.45) is 23.7 Å². The Hall–Kier alpha value is -1.06. The lowest BCUT2D eigenvalue weighted by atomic mass is 9.53. The van der Waals surface area contributed by atoms with Crippen molar-refractivity contribution in [1.82, 2.24) is 5.32 Å². The Balaban J connectivity index is 1.57. The van der Waals surface area contributed by atoms with Gasteiger partial charge in [-0.3, -0.25) is 4.79 Å². The molecule has 0 heterocycles. The van der Waals surface area contributed by atoms with E-state index in [1.54, 1.807) is 6.92 Å². The van der Waals surface area contributed by atoms with Crippen LogP contribution in [0.2, 0.25) is 0 Å². The van der Waals surface area contributed by atoms with Crippen LogP contribution in [0.15, 0.2) is 0 Å². The molecule has 0 spiro atoms. The fourth-order valence-corrected chi connectivity index (χ4v) is 5.28. The summed E-state index contributed by atoms with van der Waals surface area (Å²) >= 11 is 0. The molecule has 4 fully saturated rings. The first-order valence-electron chi connectivity index (χ1n) is 7.95. The molecule has 112 valence electrons. The monoisotopic (exact) mass is 278 g/mol. The van der Waals surface area contributed by atoms with Crippen LogP contribution < -0.4 is 10.4 Å². The molecule has 0 aromatic heterocycles. The summed E-state index contributed by atoms with van der Waals surface area (Å²) in [7, 11) is 0. The van der Waals surface area contributed by atoms with Crippen LogP contribution in [0, 0.1) is 23.7 Å². The summed E-state index contributed by atoms with van der Waals surface area (Å²) in [6.45, 7) is 1.80. The highest BCUT2D eigenvalue weighted by Crippen LogP contribution is 2.55. The van der Waals surface area contributed by atoms with Crippen LogP contribution in [0.25, 0.3) is 0 Å². The molecular formula is C16H24NO3-. The first-order valence-corrected chi connectivity index (χ1v) is 7.95. The van der Waals surface area contributed by atoms with Gasteiger partial charge in [0.05, 0.1) is 0 Å². The highest BCUT2D eigenvalue weighted by atomic mass is 16.4. The third-order valence-electron chi connectivity index (χ3n) is 5.49. The van der Waals surface area contributed by atoms with Crippen molar-refractivity contribution in [2.75, 3.05) is 0 Å². The standard InChI is InChI=1S/C16H25NO3/c1-10(3-15(19)20)2-14(18)17-16-7-11-4-12(8-16)6-13(5-11)9-16/h10-13H,2-9H2,1H3,(H,17,18)(H,19,20)/p-1/t10-,11?,12?,13?,16?/m0/s1. The van der Waals surface area contributed by atoms with Crippen molar-refractivity contribution in [2.45, 2.75) is 63.8 Å². The van der Waals surface area contributed by atoms with Gasteiger partial charge in [-0.05, 0) is 68.6 Å². The molecule has 4 heteroatoms. The molecule has 4 saturated carbocycles. The predicted molar refractivity (Wildman–Crippen MR) is 72.5 cm³/mol. The number of carbonyl (C=O) groups excluding carboxylic acids is 2. The topological polar surface area (TPSA) is 69.2 Å². The zero-order valence-electron chi connectivity index (χ0n) is 12.2. The maximum atomic E-state index is 12.2. The number of rotatable bonds is 5. The second-order valence-electron chi connectivity index (χ2n) is 7.63. The van der Waals surface area contributed by atoms with Crippen molar-refractivity contribution in [3.8, 4) is 0 Å². The van der Waals surface area contributed by atoms with E-state index in [9.17, 15) is 14.7 Å². The lowest BCUT2D eigenvalue weighted by molar-refractivity contribution is -0.306. The maximum Gasteiger partial charge on any atom is 0.220 e. The van der Waals surface area contributed by atoms with Gasteiger partial charge in [-0.25, -0.2) is 0 Å². The molecule has 4 nitrogen and oxygen atoms in total. The first kappa shape index (κ1) is 13.9. The molecule has 1 amide bonds. The van der Waals surface area contributed by atoms with Gasteiger partial charge in [0.2, 0.25) is 5.91 Å². The number of amides is 1. The number of hydrogen-bond acceptors (Lipinski definition) is 3. The third kappa shape index (κ3) is 2.84. The van der Waals surface area contributed by atoms with Gasteiger partial charge in [-0.15, -0.1) is 0 Å². The Bertz CT molecular complexity index is 383. The number of hydrogen-bond donors (Lipinski definition) is 1. The molecule has 20 heavy (non-hydrogen) atoms. The van der Waals surface area contributed by atoms with Gasteiger partial charge in [0.15, 0.2) is 0 Å². The van der Waals surface area contributed by atoms with Crippen LogP contribution in [0.1, 0.15) is 58.3 Å². The summed E-state index contributed by atoms with van der Waals surface area (Å²) in [6.07, 6.45) is 7.76. The third-order valence-corrected chi connectivity index (χ3v) is 5.49. The molecule has 4 aliphatic rings. The molecule has 0 aromatic rings. The lowest BCUT2D eigenvalue weighted by Gasteiger charge is -2.57. The van der Waals surface area contributed by atoms with Crippen LogP contribution in [0.3, 0.4) is 0 Å². The van der Waals surface area contributed by atoms with E-state index in [0.717, 1.165) is 37.0 Å². The molecule has 4 aliphatic carbocycles. The molecule has 0 aromatic carbocycles. The van der Waals surface area contributed by atoms with Crippen LogP contribution >= 0.6 is 0 Å². The number of carboxylic acids is 1. The summed E-state index contributed by atoms with van der Waals surface area (Å²) in [4.78, 5) is 22.8. The van der Waals surface area contributed by atoms with Crippen molar-refractivity contribution in [3.63, 3.8) is 0 Å². The van der Waals surface area contributed by atoms with E-state index in [4.69, 9.17) is 0 Å². The van der Waals surface area contributed by atoms with E-state index in [0.29, 0.717) is 6.42 Å². The zero-order chi connectivity index (χ0) is 14.3. The van der Waals surface area contributed by atoms with Gasteiger partial charge in [0.1, 0.15) is 0 Å². The van der Waals surface area contributed by atoms with E-state index >= 15 is 0 Å². The molecule has 4 rings (SSSR count). The van der Waals surface area contributed by atoms with Crippen molar-refractivity contribution < 1.29 is 14.7 Å². The maximum absolute atomic E-state index is 12.2. The van der Waals surface area contributed by atoms with Crippen molar-refractivity contribution >= 4 is 11.9 Å². The van der Waals surface area contributed by atoms with Gasteiger partial charge < -0.3 is 15.2 Å². The summed E-state index contributed by atoms with van der Waals surface area (Å²) in [5.41, 5.74) is 0.0347. The minimum absolute atomic E-state index is 0.0284. The van der Waals surface area contributed by atoms with Gasteiger partial charge >= 0.3 is 0 Å². The number of aliphatic carboxylic acids is 1. The Kier molecular flexibility index (Phi) is 3.51. The van der Waals surface area contributed by atoms with Crippen LogP contribution in [-0.2, 0) is 9.59 Å². The quantitative estimate of drug-likeness (QED) is 0.822. The van der Waals surface area contributed by atoms with E-state index in [1.165, 1.54) is 19.3 Å². The average Bonchev–Trinajstić information content (AvgIpc) is 2.23. The Morgan fingerprint density at radius 3 is 2.05 bits per heavy atom. The fourth-order valence-electron chi connectivity index (χ4n) is 5.28. The number of carboxylic acid groups (broad SMARTS) is 1. The second-order valence-corrected chi connectivity index (χ2v) is 7.63. The van der Waals surface area contributed by atoms with Crippen LogP contribution in [0.4, 0.5) is 0 Å². The molecular weight excluding hydrogens is 254 g/mol. The van der Waals surface area contributed by atoms with E-state index in [2.05, 4.69) is 5.32 Å². The molecule has 0 aliphatic heterocycles. The smallest absolute Gasteiger partial charge is 0.220 e. The van der Waals surface area contributed by atoms with Gasteiger partial charge in [-0.1, -0.05) is 6.92 Å². The number of nitrogens with one attached hydrogen (secondary N) is 1. The van der Waals surface area contributed by atoms with Crippen LogP contribution in [-0.4, -0.2) is 17.4 Å². The summed E-state index contributed by atoms with van der Waals surface area (Å²) < 4.78 is 0. The zero-order valence-corrected chi connectivity index (χ0v) is 12.2. The highest BCUT2D eigenvalue weighted by Gasteiger charge is 2.51. The molecule has 1 N–H and O–H groups in total. The SMILES string of the molecule is C[C@H](CC(=O)[O-])CC(=O)NC12CC3CC(CC(C3)C1)C2. The van der Waals surface area contributed by atoms with Gasteiger partial charge in [0, 0.05) is 17.9 Å². The molecule has 0 unspecified atom stereocenters. The molecule has 4 bridgehead atoms. The molecule has 1 atom stereocenters. The number of carbonyl (C=O) groups is 2. The summed E-state index contributed by atoms with van der Waals surface area (Å²) in [5, 5.41) is 13.8. The van der Waals surface area contributed by atoms with E-state index in [1.807, 2.05) is 0 Å². The Morgan fingerprint density at radius 1 is 1.10 bits per heavy atom. The van der Waals surface area contributed by atoms with Crippen molar-refractivity contribution in [3.05, 3.63) is 0 Å². The van der Waals surface area contributed by atoms with Gasteiger partial charge in [-0.2, -0.15) is 0 Å². The minimum atomic E-state index is -1.07. The lowest BCUT2D eigenvalue weighted by Crippen LogP contribution is -2.60. The largest absolute Gasteiger partial charge is 0.550 e. The van der Waals surface area contributed by atoms with Crippen molar-refractivity contribution in [1.29, 1.82) is 0 Å². The van der Waals surface area contributed by atoms with E-state index < -0.39 is 5.97 Å². The molecule has 0 saturated heterocycles. The minimum Gasteiger partial charge on any atom is -0.550 e. The summed E-state index contributed by atoms with van der Waals surface area (Å²) in [6, 6.07) is 0. The van der Waals surface area contributed by atoms with E-state index in [-0.39, 0.29) is 23.8 Å². The molecule has 0 radical (unpaired) electrons. The first-order chi connectivity index (χ1) is 9.44. The Labute approximate surface area is 120 Å². The average molecular weight is 278 g/mol. The van der Waals surface area contributed by atoms with Crippen LogP contribution in [0.5, 0.6) is 0 Å². The summed E-state index contributed by atoms with van der Waals surface area (Å²) in [5.74, 6) is 1.24. The Morgan fingerprint density at radius 2 is 1.60 bits per heavy atom. The predicted octanol–water partition coefficient (Wildman–Crippen LogP) is 1.24. The normalized spacial score (nSPS) is 39.5. The second kappa shape index (κ2) is 5.05. The highest BCUT2D eigenvalue weighted by molar-refractivity contribution is 5.78.